The minimum absolute atomic E-state index is 0.0608. The van der Waals surface area contributed by atoms with Gasteiger partial charge >= 0.3 is 0 Å². The van der Waals surface area contributed by atoms with Crippen LogP contribution in [-0.2, 0) is 0 Å². The van der Waals surface area contributed by atoms with Crippen LogP contribution in [0.4, 0.5) is 5.82 Å². The first-order valence-electron chi connectivity index (χ1n) is 8.44. The van der Waals surface area contributed by atoms with Crippen LogP contribution in [0.5, 0.6) is 0 Å². The largest absolute Gasteiger partial charge is 0.391 e. The quantitative estimate of drug-likeness (QED) is 0.895. The summed E-state index contributed by atoms with van der Waals surface area (Å²) in [6.45, 7) is 10.3. The van der Waals surface area contributed by atoms with Crippen molar-refractivity contribution in [3.8, 4) is 0 Å². The average molecular weight is 319 g/mol. The molecule has 1 amide bonds. The van der Waals surface area contributed by atoms with Crippen molar-refractivity contribution < 1.29 is 9.90 Å². The van der Waals surface area contributed by atoms with Crippen molar-refractivity contribution in [3.05, 3.63) is 23.9 Å². The predicted octanol–water partition coefficient (Wildman–Crippen LogP) is 2.77. The van der Waals surface area contributed by atoms with Crippen molar-refractivity contribution in [1.82, 2.24) is 9.88 Å². The zero-order valence-electron chi connectivity index (χ0n) is 14.7. The first kappa shape index (κ1) is 17.7. The smallest absolute Gasteiger partial charge is 0.255 e. The molecule has 1 aliphatic heterocycles. The molecule has 128 valence electrons. The fraction of sp³-hybridized carbons (Fsp3) is 0.667. The zero-order valence-corrected chi connectivity index (χ0v) is 14.7. The molecule has 1 atom stereocenters. The number of aliphatic hydroxyl groups excluding tert-OH is 1. The van der Waals surface area contributed by atoms with Crippen LogP contribution in [-0.4, -0.2) is 46.6 Å². The number of aliphatic hydroxyl groups is 1. The molecule has 0 aromatic carbocycles. The van der Waals surface area contributed by atoms with Gasteiger partial charge in [-0.05, 0) is 36.3 Å². The van der Waals surface area contributed by atoms with Gasteiger partial charge in [0.1, 0.15) is 5.82 Å². The van der Waals surface area contributed by atoms with Crippen molar-refractivity contribution in [2.45, 2.75) is 46.6 Å². The Balaban J connectivity index is 1.90. The van der Waals surface area contributed by atoms with E-state index in [4.69, 9.17) is 0 Å². The molecule has 1 aromatic rings. The Kier molecular flexibility index (Phi) is 5.63. The van der Waals surface area contributed by atoms with Gasteiger partial charge in [-0.2, -0.15) is 0 Å². The molecule has 1 aliphatic rings. The molecule has 1 aromatic heterocycles. The maximum atomic E-state index is 12.4. The molecule has 0 radical (unpaired) electrons. The van der Waals surface area contributed by atoms with Crippen LogP contribution >= 0.6 is 0 Å². The van der Waals surface area contributed by atoms with E-state index < -0.39 is 6.10 Å². The number of aromatic nitrogens is 1. The SMILES string of the molecule is CC1CCN(C(=O)c2ccc(NCC(O)C(C)(C)C)nc2)CC1. The Morgan fingerprint density at radius 1 is 1.39 bits per heavy atom. The molecular formula is C18H29N3O2. The number of hydrogen-bond donors (Lipinski definition) is 2. The maximum absolute atomic E-state index is 12.4. The summed E-state index contributed by atoms with van der Waals surface area (Å²) in [5.74, 6) is 1.45. The van der Waals surface area contributed by atoms with Crippen LogP contribution in [0.3, 0.4) is 0 Å². The van der Waals surface area contributed by atoms with Crippen LogP contribution in [0.15, 0.2) is 18.3 Å². The first-order valence-corrected chi connectivity index (χ1v) is 8.44. The molecule has 23 heavy (non-hydrogen) atoms. The van der Waals surface area contributed by atoms with E-state index in [1.54, 1.807) is 18.3 Å². The first-order chi connectivity index (χ1) is 10.8. The molecule has 5 nitrogen and oxygen atoms in total. The molecule has 1 unspecified atom stereocenters. The number of likely N-dealkylation sites (tertiary alicyclic amines) is 1. The highest BCUT2D eigenvalue weighted by molar-refractivity contribution is 5.94. The van der Waals surface area contributed by atoms with Gasteiger partial charge in [-0.25, -0.2) is 4.98 Å². The van der Waals surface area contributed by atoms with Gasteiger partial charge in [0, 0.05) is 25.8 Å². The van der Waals surface area contributed by atoms with Crippen molar-refractivity contribution in [1.29, 1.82) is 0 Å². The van der Waals surface area contributed by atoms with Crippen molar-refractivity contribution >= 4 is 11.7 Å². The number of pyridine rings is 1. The normalized spacial score (nSPS) is 17.9. The summed E-state index contributed by atoms with van der Waals surface area (Å²) in [5, 5.41) is 13.1. The lowest BCUT2D eigenvalue weighted by atomic mass is 9.89. The van der Waals surface area contributed by atoms with Gasteiger partial charge in [-0.3, -0.25) is 4.79 Å². The number of carbonyl (C=O) groups is 1. The van der Waals surface area contributed by atoms with E-state index in [1.807, 2.05) is 25.7 Å². The van der Waals surface area contributed by atoms with Gasteiger partial charge in [0.15, 0.2) is 0 Å². The van der Waals surface area contributed by atoms with Gasteiger partial charge in [-0.15, -0.1) is 0 Å². The third-order valence-corrected chi connectivity index (χ3v) is 4.56. The van der Waals surface area contributed by atoms with E-state index in [0.29, 0.717) is 23.8 Å². The standard InChI is InChI=1S/C18H29N3O2/c1-13-7-9-21(10-8-13)17(23)14-5-6-16(19-11-14)20-12-15(22)18(2,3)4/h5-6,11,13,15,22H,7-10,12H2,1-4H3,(H,19,20). The summed E-state index contributed by atoms with van der Waals surface area (Å²) < 4.78 is 0. The van der Waals surface area contributed by atoms with E-state index in [0.717, 1.165) is 25.9 Å². The monoisotopic (exact) mass is 319 g/mol. The number of nitrogens with zero attached hydrogens (tertiary/aromatic N) is 2. The number of carbonyl (C=O) groups excluding carboxylic acids is 1. The number of piperidine rings is 1. The fourth-order valence-corrected chi connectivity index (χ4v) is 2.53. The molecule has 1 saturated heterocycles. The fourth-order valence-electron chi connectivity index (χ4n) is 2.53. The summed E-state index contributed by atoms with van der Waals surface area (Å²) in [6.07, 6.45) is 3.31. The zero-order chi connectivity index (χ0) is 17.0. The minimum Gasteiger partial charge on any atom is -0.391 e. The molecule has 5 heteroatoms. The van der Waals surface area contributed by atoms with Crippen LogP contribution in [0.25, 0.3) is 0 Å². The lowest BCUT2D eigenvalue weighted by Gasteiger charge is -2.30. The number of hydrogen-bond acceptors (Lipinski definition) is 4. The van der Waals surface area contributed by atoms with Gasteiger partial charge in [0.2, 0.25) is 0 Å². The lowest BCUT2D eigenvalue weighted by Crippen LogP contribution is -2.38. The highest BCUT2D eigenvalue weighted by Crippen LogP contribution is 2.20. The van der Waals surface area contributed by atoms with Crippen LogP contribution in [0.1, 0.15) is 50.9 Å². The molecule has 0 saturated carbocycles. The van der Waals surface area contributed by atoms with E-state index in [-0.39, 0.29) is 11.3 Å². The van der Waals surface area contributed by atoms with Crippen molar-refractivity contribution in [3.63, 3.8) is 0 Å². The van der Waals surface area contributed by atoms with E-state index in [1.165, 1.54) is 0 Å². The highest BCUT2D eigenvalue weighted by Gasteiger charge is 2.23. The van der Waals surface area contributed by atoms with Crippen LogP contribution < -0.4 is 5.32 Å². The second kappa shape index (κ2) is 7.30. The minimum atomic E-state index is -0.457. The summed E-state index contributed by atoms with van der Waals surface area (Å²) in [5.41, 5.74) is 0.454. The Bertz CT molecular complexity index is 514. The van der Waals surface area contributed by atoms with E-state index in [9.17, 15) is 9.90 Å². The molecule has 2 rings (SSSR count). The second-order valence-corrected chi connectivity index (χ2v) is 7.67. The summed E-state index contributed by atoms with van der Waals surface area (Å²) in [4.78, 5) is 18.6. The molecule has 0 aliphatic carbocycles. The number of anilines is 1. The van der Waals surface area contributed by atoms with Crippen molar-refractivity contribution in [2.24, 2.45) is 11.3 Å². The second-order valence-electron chi connectivity index (χ2n) is 7.67. The Hall–Kier alpha value is -1.62. The lowest BCUT2D eigenvalue weighted by molar-refractivity contribution is 0.0696. The summed E-state index contributed by atoms with van der Waals surface area (Å²) >= 11 is 0. The summed E-state index contributed by atoms with van der Waals surface area (Å²) in [6, 6.07) is 3.61. The predicted molar refractivity (Wildman–Crippen MR) is 92.5 cm³/mol. The Morgan fingerprint density at radius 2 is 2.04 bits per heavy atom. The number of amides is 1. The highest BCUT2D eigenvalue weighted by atomic mass is 16.3. The molecule has 0 bridgehead atoms. The summed E-state index contributed by atoms with van der Waals surface area (Å²) in [7, 11) is 0. The number of rotatable bonds is 4. The van der Waals surface area contributed by atoms with Crippen LogP contribution in [0.2, 0.25) is 0 Å². The molecule has 2 heterocycles. The van der Waals surface area contributed by atoms with Gasteiger partial charge in [0.05, 0.1) is 11.7 Å². The van der Waals surface area contributed by atoms with E-state index >= 15 is 0 Å². The van der Waals surface area contributed by atoms with Gasteiger partial charge in [0.25, 0.3) is 5.91 Å². The average Bonchev–Trinajstić information content (AvgIpc) is 2.52. The molecule has 1 fully saturated rings. The molecule has 0 spiro atoms. The third kappa shape index (κ3) is 4.93. The third-order valence-electron chi connectivity index (χ3n) is 4.56. The van der Waals surface area contributed by atoms with Gasteiger partial charge < -0.3 is 15.3 Å². The topological polar surface area (TPSA) is 65.5 Å². The number of nitrogens with one attached hydrogen (secondary N) is 1. The molecular weight excluding hydrogens is 290 g/mol. The maximum Gasteiger partial charge on any atom is 0.255 e. The van der Waals surface area contributed by atoms with Crippen LogP contribution in [0, 0.1) is 11.3 Å². The Morgan fingerprint density at radius 3 is 2.57 bits per heavy atom. The van der Waals surface area contributed by atoms with Crippen molar-refractivity contribution in [2.75, 3.05) is 25.0 Å². The van der Waals surface area contributed by atoms with E-state index in [2.05, 4.69) is 17.2 Å². The van der Waals surface area contributed by atoms with Gasteiger partial charge in [-0.1, -0.05) is 27.7 Å². The molecule has 2 N–H and O–H groups in total. The Labute approximate surface area is 139 Å².